The second kappa shape index (κ2) is 6.31. The van der Waals surface area contributed by atoms with Crippen LogP contribution in [0.2, 0.25) is 0 Å². The SMILES string of the molecule is O=C(Nc1ccc(C(F)(F)F)cc1)N1CCOCC1CO. The molecule has 0 aliphatic carbocycles. The number of benzene rings is 1. The van der Waals surface area contributed by atoms with Crippen LogP contribution >= 0.6 is 0 Å². The van der Waals surface area contributed by atoms with Crippen molar-refractivity contribution in [3.63, 3.8) is 0 Å². The molecule has 1 aliphatic heterocycles. The van der Waals surface area contributed by atoms with Crippen LogP contribution in [0, 0.1) is 0 Å². The molecule has 21 heavy (non-hydrogen) atoms. The van der Waals surface area contributed by atoms with Crippen LogP contribution < -0.4 is 5.32 Å². The van der Waals surface area contributed by atoms with Crippen LogP contribution in [0.1, 0.15) is 5.56 Å². The molecule has 116 valence electrons. The summed E-state index contributed by atoms with van der Waals surface area (Å²) in [4.78, 5) is 13.4. The molecule has 1 fully saturated rings. The largest absolute Gasteiger partial charge is 0.416 e. The number of carbonyl (C=O) groups excluding carboxylic acids is 1. The molecule has 5 nitrogen and oxygen atoms in total. The molecule has 8 heteroatoms. The summed E-state index contributed by atoms with van der Waals surface area (Å²) in [6.07, 6.45) is -4.41. The molecule has 1 aliphatic rings. The van der Waals surface area contributed by atoms with Crippen LogP contribution in [-0.2, 0) is 10.9 Å². The maximum absolute atomic E-state index is 12.4. The van der Waals surface area contributed by atoms with E-state index in [0.717, 1.165) is 12.1 Å². The summed E-state index contributed by atoms with van der Waals surface area (Å²) in [6, 6.07) is 3.26. The molecule has 0 saturated carbocycles. The van der Waals surface area contributed by atoms with Crippen LogP contribution in [0.3, 0.4) is 0 Å². The van der Waals surface area contributed by atoms with Gasteiger partial charge in [0.15, 0.2) is 0 Å². The van der Waals surface area contributed by atoms with Gasteiger partial charge in [-0.1, -0.05) is 0 Å². The van der Waals surface area contributed by atoms with Gasteiger partial charge in [0.1, 0.15) is 0 Å². The molecular weight excluding hydrogens is 289 g/mol. The standard InChI is InChI=1S/C13H15F3N2O3/c14-13(15,16)9-1-3-10(4-2-9)17-12(20)18-5-6-21-8-11(18)7-19/h1-4,11,19H,5-8H2,(H,17,20). The lowest BCUT2D eigenvalue weighted by atomic mass is 10.2. The quantitative estimate of drug-likeness (QED) is 0.877. The first-order valence-electron chi connectivity index (χ1n) is 6.35. The molecule has 1 atom stereocenters. The Bertz CT molecular complexity index is 490. The predicted octanol–water partition coefficient (Wildman–Crippen LogP) is 1.93. The van der Waals surface area contributed by atoms with Crippen LogP contribution in [-0.4, -0.2) is 48.4 Å². The molecule has 1 unspecified atom stereocenters. The highest BCUT2D eigenvalue weighted by Gasteiger charge is 2.30. The normalized spacial score (nSPS) is 19.4. The number of hydrogen-bond acceptors (Lipinski definition) is 3. The molecule has 0 bridgehead atoms. The average molecular weight is 304 g/mol. The maximum Gasteiger partial charge on any atom is 0.416 e. The first-order chi connectivity index (χ1) is 9.91. The van der Waals surface area contributed by atoms with Gasteiger partial charge < -0.3 is 20.1 Å². The summed E-state index contributed by atoms with van der Waals surface area (Å²) < 4.78 is 42.4. The number of alkyl halides is 3. The number of rotatable bonds is 2. The highest BCUT2D eigenvalue weighted by Crippen LogP contribution is 2.29. The van der Waals surface area contributed by atoms with Crippen molar-refractivity contribution in [1.29, 1.82) is 0 Å². The Morgan fingerprint density at radius 3 is 2.62 bits per heavy atom. The summed E-state index contributed by atoms with van der Waals surface area (Å²) in [6.45, 7) is 0.673. The third-order valence-electron chi connectivity index (χ3n) is 3.16. The number of aliphatic hydroxyl groups excluding tert-OH is 1. The van der Waals surface area contributed by atoms with Crippen molar-refractivity contribution in [3.05, 3.63) is 29.8 Å². The smallest absolute Gasteiger partial charge is 0.394 e. The molecule has 2 rings (SSSR count). The number of aliphatic hydroxyl groups is 1. The number of morpholine rings is 1. The lowest BCUT2D eigenvalue weighted by Gasteiger charge is -2.34. The van der Waals surface area contributed by atoms with Gasteiger partial charge in [-0.3, -0.25) is 0 Å². The van der Waals surface area contributed by atoms with Crippen molar-refractivity contribution in [2.75, 3.05) is 31.7 Å². The number of nitrogens with one attached hydrogen (secondary N) is 1. The summed E-state index contributed by atoms with van der Waals surface area (Å²) in [7, 11) is 0. The van der Waals surface area contributed by atoms with Crippen molar-refractivity contribution in [3.8, 4) is 0 Å². The number of urea groups is 1. The van der Waals surface area contributed by atoms with Gasteiger partial charge >= 0.3 is 12.2 Å². The monoisotopic (exact) mass is 304 g/mol. The third-order valence-corrected chi connectivity index (χ3v) is 3.16. The Hall–Kier alpha value is -1.80. The van der Waals surface area contributed by atoms with E-state index in [4.69, 9.17) is 4.74 Å². The summed E-state index contributed by atoms with van der Waals surface area (Å²) >= 11 is 0. The highest BCUT2D eigenvalue weighted by molar-refractivity contribution is 5.89. The van der Waals surface area contributed by atoms with Crippen molar-refractivity contribution in [2.24, 2.45) is 0 Å². The number of ether oxygens (including phenoxy) is 1. The Kier molecular flexibility index (Phi) is 4.69. The molecule has 1 heterocycles. The van der Waals surface area contributed by atoms with E-state index >= 15 is 0 Å². The van der Waals surface area contributed by atoms with Gasteiger partial charge in [0.05, 0.1) is 31.4 Å². The first kappa shape index (κ1) is 15.6. The third kappa shape index (κ3) is 3.85. The maximum atomic E-state index is 12.4. The van der Waals surface area contributed by atoms with Crippen molar-refractivity contribution in [2.45, 2.75) is 12.2 Å². The van der Waals surface area contributed by atoms with Gasteiger partial charge in [-0.15, -0.1) is 0 Å². The van der Waals surface area contributed by atoms with Crippen LogP contribution in [0.4, 0.5) is 23.7 Å². The molecule has 0 radical (unpaired) electrons. The van der Waals surface area contributed by atoms with Crippen LogP contribution in [0.25, 0.3) is 0 Å². The Balaban J connectivity index is 2.02. The minimum atomic E-state index is -4.41. The Labute approximate surface area is 119 Å². The van der Waals surface area contributed by atoms with Gasteiger partial charge in [0.2, 0.25) is 0 Å². The Morgan fingerprint density at radius 1 is 1.38 bits per heavy atom. The fourth-order valence-electron chi connectivity index (χ4n) is 2.01. The van der Waals surface area contributed by atoms with E-state index in [-0.39, 0.29) is 18.9 Å². The van der Waals surface area contributed by atoms with E-state index in [1.165, 1.54) is 17.0 Å². The average Bonchev–Trinajstić information content (AvgIpc) is 2.46. The van der Waals surface area contributed by atoms with Crippen molar-refractivity contribution >= 4 is 11.7 Å². The fraction of sp³-hybridized carbons (Fsp3) is 0.462. The summed E-state index contributed by atoms with van der Waals surface area (Å²) in [5, 5.41) is 11.7. The van der Waals surface area contributed by atoms with E-state index < -0.39 is 23.8 Å². The number of hydrogen-bond donors (Lipinski definition) is 2. The lowest BCUT2D eigenvalue weighted by molar-refractivity contribution is -0.137. The predicted molar refractivity (Wildman–Crippen MR) is 68.9 cm³/mol. The zero-order valence-corrected chi connectivity index (χ0v) is 11.1. The number of carbonyl (C=O) groups is 1. The minimum Gasteiger partial charge on any atom is -0.394 e. The molecule has 2 N–H and O–H groups in total. The van der Waals surface area contributed by atoms with E-state index in [1.807, 2.05) is 0 Å². The van der Waals surface area contributed by atoms with E-state index in [9.17, 15) is 23.1 Å². The minimum absolute atomic E-state index is 0.233. The lowest BCUT2D eigenvalue weighted by Crippen LogP contribution is -2.52. The van der Waals surface area contributed by atoms with Gasteiger partial charge in [-0.25, -0.2) is 4.79 Å². The van der Waals surface area contributed by atoms with Gasteiger partial charge in [-0.05, 0) is 24.3 Å². The van der Waals surface area contributed by atoms with E-state index in [0.29, 0.717) is 13.2 Å². The highest BCUT2D eigenvalue weighted by atomic mass is 19.4. The molecule has 0 spiro atoms. The summed E-state index contributed by atoms with van der Waals surface area (Å²) in [5.41, 5.74) is -0.517. The fourth-order valence-corrected chi connectivity index (χ4v) is 2.01. The topological polar surface area (TPSA) is 61.8 Å². The number of amides is 2. The van der Waals surface area contributed by atoms with Crippen LogP contribution in [0.15, 0.2) is 24.3 Å². The zero-order chi connectivity index (χ0) is 15.5. The van der Waals surface area contributed by atoms with Crippen molar-refractivity contribution in [1.82, 2.24) is 4.90 Å². The second-order valence-corrected chi connectivity index (χ2v) is 4.61. The van der Waals surface area contributed by atoms with Gasteiger partial charge in [0, 0.05) is 12.2 Å². The number of halogens is 3. The Morgan fingerprint density at radius 2 is 2.05 bits per heavy atom. The van der Waals surface area contributed by atoms with E-state index in [2.05, 4.69) is 5.32 Å². The van der Waals surface area contributed by atoms with E-state index in [1.54, 1.807) is 0 Å². The van der Waals surface area contributed by atoms with Crippen LogP contribution in [0.5, 0.6) is 0 Å². The van der Waals surface area contributed by atoms with Gasteiger partial charge in [0.25, 0.3) is 0 Å². The molecule has 1 aromatic carbocycles. The first-order valence-corrected chi connectivity index (χ1v) is 6.35. The zero-order valence-electron chi connectivity index (χ0n) is 11.1. The van der Waals surface area contributed by atoms with Crippen molar-refractivity contribution < 1.29 is 27.8 Å². The molecule has 0 aromatic heterocycles. The number of anilines is 1. The van der Waals surface area contributed by atoms with Gasteiger partial charge in [-0.2, -0.15) is 13.2 Å². The molecule has 1 saturated heterocycles. The second-order valence-electron chi connectivity index (χ2n) is 4.61. The molecule has 1 aromatic rings. The molecule has 2 amide bonds. The molecular formula is C13H15F3N2O3. The number of nitrogens with zero attached hydrogens (tertiary/aromatic N) is 1. The summed E-state index contributed by atoms with van der Waals surface area (Å²) in [5.74, 6) is 0.